The number of sulfonamides is 1. The van der Waals surface area contributed by atoms with Gasteiger partial charge in [-0.15, -0.1) is 12.4 Å². The van der Waals surface area contributed by atoms with Crippen molar-refractivity contribution in [3.8, 4) is 0 Å². The van der Waals surface area contributed by atoms with E-state index in [0.717, 1.165) is 13.2 Å². The summed E-state index contributed by atoms with van der Waals surface area (Å²) in [4.78, 5) is 23.1. The molecule has 25 heavy (non-hydrogen) atoms. The lowest BCUT2D eigenvalue weighted by atomic mass is 10.1. The van der Waals surface area contributed by atoms with Gasteiger partial charge in [0.25, 0.3) is 0 Å². The Morgan fingerprint density at radius 3 is 2.28 bits per heavy atom. The largest absolute Gasteiger partial charge is 0.465 e. The number of likely N-dealkylation sites (N-methyl/N-ethyl adjacent to an activating group) is 1. The Labute approximate surface area is 153 Å². The average molecular weight is 395 g/mol. The number of esters is 2. The normalized spacial score (nSPS) is 12.0. The molecule has 8 nitrogen and oxygen atoms in total. The Hall–Kier alpha value is -1.68. The topological polar surface area (TPSA) is 111 Å². The maximum absolute atomic E-state index is 12.5. The highest BCUT2D eigenvalue weighted by Crippen LogP contribution is 2.19. The van der Waals surface area contributed by atoms with Gasteiger partial charge < -0.3 is 14.8 Å². The minimum Gasteiger partial charge on any atom is -0.465 e. The van der Waals surface area contributed by atoms with Gasteiger partial charge in [0.2, 0.25) is 10.0 Å². The molecule has 0 saturated heterocycles. The summed E-state index contributed by atoms with van der Waals surface area (Å²) >= 11 is 0. The number of benzene rings is 1. The molecule has 0 bridgehead atoms. The number of ether oxygens (including phenoxy) is 2. The van der Waals surface area contributed by atoms with Crippen molar-refractivity contribution >= 4 is 34.4 Å². The number of carbonyl (C=O) groups is 2. The second kappa shape index (κ2) is 10.3. The molecule has 0 unspecified atom stereocenters. The van der Waals surface area contributed by atoms with Gasteiger partial charge in [0.05, 0.1) is 30.2 Å². The lowest BCUT2D eigenvalue weighted by molar-refractivity contribution is 0.0583. The van der Waals surface area contributed by atoms with Crippen molar-refractivity contribution in [1.82, 2.24) is 10.0 Å². The van der Waals surface area contributed by atoms with Gasteiger partial charge in [-0.2, -0.15) is 0 Å². The van der Waals surface area contributed by atoms with Gasteiger partial charge in [-0.05, 0) is 31.7 Å². The Bertz CT molecular complexity index is 708. The van der Waals surface area contributed by atoms with Crippen LogP contribution in [0.25, 0.3) is 0 Å². The molecule has 0 spiro atoms. The molecule has 142 valence electrons. The second-order valence-corrected chi connectivity index (χ2v) is 6.74. The smallest absolute Gasteiger partial charge is 0.339 e. The molecule has 0 aliphatic carbocycles. The zero-order valence-electron chi connectivity index (χ0n) is 14.5. The molecule has 0 aliphatic heterocycles. The number of rotatable bonds is 8. The first-order chi connectivity index (χ1) is 11.3. The fourth-order valence-corrected chi connectivity index (χ4v) is 3.35. The lowest BCUT2D eigenvalue weighted by Crippen LogP contribution is -2.39. The average Bonchev–Trinajstić information content (AvgIpc) is 2.58. The van der Waals surface area contributed by atoms with Crippen molar-refractivity contribution < 1.29 is 27.5 Å². The van der Waals surface area contributed by atoms with Gasteiger partial charge in [-0.1, -0.05) is 6.92 Å². The second-order valence-electron chi connectivity index (χ2n) is 5.00. The first-order valence-electron chi connectivity index (χ1n) is 7.30. The minimum atomic E-state index is -4.02. The van der Waals surface area contributed by atoms with Crippen molar-refractivity contribution in [3.05, 3.63) is 29.3 Å². The number of nitrogens with one attached hydrogen (secondary N) is 2. The molecule has 1 rings (SSSR count). The number of methoxy groups -OCH3 is 2. The van der Waals surface area contributed by atoms with E-state index in [0.29, 0.717) is 6.54 Å². The van der Waals surface area contributed by atoms with Crippen molar-refractivity contribution in [2.75, 3.05) is 27.3 Å². The standard InChI is InChI=1S/C15H22N2O6S.ClH/c1-5-16-10(2)9-17-24(20,21)13-8-11(14(18)22-3)6-7-12(13)15(19)23-4;/h6-8,10,16-17H,5,9H2,1-4H3;1H/t10-;/m1./s1. The van der Waals surface area contributed by atoms with E-state index in [1.165, 1.54) is 19.2 Å². The number of hydrogen-bond donors (Lipinski definition) is 2. The summed E-state index contributed by atoms with van der Waals surface area (Å²) in [6, 6.07) is 3.52. The van der Waals surface area contributed by atoms with Crippen LogP contribution in [0.15, 0.2) is 23.1 Å². The third-order valence-corrected chi connectivity index (χ3v) is 4.69. The fourth-order valence-electron chi connectivity index (χ4n) is 2.00. The Balaban J connectivity index is 0.00000576. The van der Waals surface area contributed by atoms with Crippen LogP contribution in [0.5, 0.6) is 0 Å². The highest BCUT2D eigenvalue weighted by Gasteiger charge is 2.25. The summed E-state index contributed by atoms with van der Waals surface area (Å²) in [5, 5.41) is 3.06. The molecule has 2 N–H and O–H groups in total. The zero-order chi connectivity index (χ0) is 18.3. The first kappa shape index (κ1) is 23.3. The molecule has 0 radical (unpaired) electrons. The summed E-state index contributed by atoms with van der Waals surface area (Å²) in [6.45, 7) is 4.53. The molecule has 0 amide bonds. The molecule has 0 aromatic heterocycles. The summed E-state index contributed by atoms with van der Waals surface area (Å²) in [7, 11) is -1.69. The van der Waals surface area contributed by atoms with Crippen LogP contribution in [0, 0.1) is 0 Å². The van der Waals surface area contributed by atoms with Gasteiger partial charge in [-0.3, -0.25) is 0 Å². The fraction of sp³-hybridized carbons (Fsp3) is 0.467. The molecule has 0 aliphatic rings. The van der Waals surface area contributed by atoms with Crippen molar-refractivity contribution in [3.63, 3.8) is 0 Å². The first-order valence-corrected chi connectivity index (χ1v) is 8.78. The van der Waals surface area contributed by atoms with E-state index >= 15 is 0 Å². The third kappa shape index (κ3) is 6.28. The molecule has 10 heteroatoms. The Kier molecular flexibility index (Phi) is 9.65. The highest BCUT2D eigenvalue weighted by atomic mass is 35.5. The third-order valence-electron chi connectivity index (χ3n) is 3.23. The molecule has 0 heterocycles. The number of hydrogen-bond acceptors (Lipinski definition) is 7. The zero-order valence-corrected chi connectivity index (χ0v) is 16.1. The molecule has 0 fully saturated rings. The molecular formula is C15H23ClN2O6S. The van der Waals surface area contributed by atoms with Gasteiger partial charge >= 0.3 is 11.9 Å². The minimum absolute atomic E-state index is 0. The predicted molar refractivity (Wildman–Crippen MR) is 94.7 cm³/mol. The van der Waals surface area contributed by atoms with E-state index in [2.05, 4.69) is 19.5 Å². The van der Waals surface area contributed by atoms with Gasteiger partial charge in [0.1, 0.15) is 0 Å². The van der Waals surface area contributed by atoms with E-state index < -0.39 is 22.0 Å². The van der Waals surface area contributed by atoms with Crippen LogP contribution in [0.1, 0.15) is 34.6 Å². The maximum Gasteiger partial charge on any atom is 0.339 e. The summed E-state index contributed by atoms with van der Waals surface area (Å²) < 4.78 is 36.7. The maximum atomic E-state index is 12.5. The quantitative estimate of drug-likeness (QED) is 0.631. The van der Waals surface area contributed by atoms with Crippen LogP contribution in [0.3, 0.4) is 0 Å². The number of carbonyl (C=O) groups excluding carboxylic acids is 2. The van der Waals surface area contributed by atoms with Crippen LogP contribution in [-0.4, -0.2) is 53.7 Å². The van der Waals surface area contributed by atoms with Crippen molar-refractivity contribution in [2.45, 2.75) is 24.8 Å². The van der Waals surface area contributed by atoms with E-state index in [1.54, 1.807) is 0 Å². The molecule has 0 saturated carbocycles. The van der Waals surface area contributed by atoms with E-state index in [-0.39, 0.29) is 41.0 Å². The van der Waals surface area contributed by atoms with E-state index in [1.807, 2.05) is 13.8 Å². The van der Waals surface area contributed by atoms with Crippen LogP contribution in [-0.2, 0) is 19.5 Å². The monoisotopic (exact) mass is 394 g/mol. The molecule has 1 atom stereocenters. The van der Waals surface area contributed by atoms with E-state index in [9.17, 15) is 18.0 Å². The Morgan fingerprint density at radius 1 is 1.16 bits per heavy atom. The molecular weight excluding hydrogens is 372 g/mol. The van der Waals surface area contributed by atoms with Gasteiger partial charge in [0.15, 0.2) is 0 Å². The van der Waals surface area contributed by atoms with Crippen molar-refractivity contribution in [1.29, 1.82) is 0 Å². The predicted octanol–water partition coefficient (Wildman–Crippen LogP) is 0.958. The molecule has 1 aromatic rings. The highest BCUT2D eigenvalue weighted by molar-refractivity contribution is 7.89. The van der Waals surface area contributed by atoms with Crippen LogP contribution in [0.4, 0.5) is 0 Å². The van der Waals surface area contributed by atoms with Crippen LogP contribution in [0.2, 0.25) is 0 Å². The summed E-state index contributed by atoms with van der Waals surface area (Å²) in [6.07, 6.45) is 0. The van der Waals surface area contributed by atoms with Gasteiger partial charge in [0, 0.05) is 12.6 Å². The van der Waals surface area contributed by atoms with Gasteiger partial charge in [-0.25, -0.2) is 22.7 Å². The Morgan fingerprint density at radius 2 is 1.76 bits per heavy atom. The summed E-state index contributed by atoms with van der Waals surface area (Å²) in [5.74, 6) is -1.52. The lowest BCUT2D eigenvalue weighted by Gasteiger charge is -2.15. The molecule has 1 aromatic carbocycles. The number of halogens is 1. The van der Waals surface area contributed by atoms with Crippen LogP contribution >= 0.6 is 12.4 Å². The summed E-state index contributed by atoms with van der Waals surface area (Å²) in [5.41, 5.74) is -0.140. The van der Waals surface area contributed by atoms with Crippen molar-refractivity contribution in [2.24, 2.45) is 0 Å². The van der Waals surface area contributed by atoms with E-state index in [4.69, 9.17) is 0 Å². The SMILES string of the molecule is CCN[C@H](C)CNS(=O)(=O)c1cc(C(=O)OC)ccc1C(=O)OC.Cl. The van der Waals surface area contributed by atoms with Crippen LogP contribution < -0.4 is 10.0 Å².